The molecule has 0 aliphatic heterocycles. The number of nitrogens with one attached hydrogen (secondary N) is 3. The molecule has 0 fully saturated rings. The summed E-state index contributed by atoms with van der Waals surface area (Å²) in [6.07, 6.45) is 0. The summed E-state index contributed by atoms with van der Waals surface area (Å²) in [6, 6.07) is 11.6. The maximum atomic E-state index is 12.2. The fraction of sp³-hybridized carbons (Fsp3) is 0.250. The highest BCUT2D eigenvalue weighted by atomic mass is 35.5. The Morgan fingerprint density at radius 1 is 1.00 bits per heavy atom. The number of likely N-dealkylation sites (N-methyl/N-ethyl adjacent to an activating group) is 1. The van der Waals surface area contributed by atoms with Crippen molar-refractivity contribution in [1.29, 1.82) is 0 Å². The maximum absolute atomic E-state index is 12.2. The van der Waals surface area contributed by atoms with Gasteiger partial charge in [-0.15, -0.1) is 0 Å². The lowest BCUT2D eigenvalue weighted by Gasteiger charge is -2.15. The molecule has 1 unspecified atom stereocenters. The molecule has 0 aliphatic carbocycles. The molecule has 0 spiro atoms. The van der Waals surface area contributed by atoms with Crippen molar-refractivity contribution in [2.24, 2.45) is 0 Å². The van der Waals surface area contributed by atoms with Gasteiger partial charge in [0.05, 0.1) is 19.8 Å². The second kappa shape index (κ2) is 9.87. The minimum atomic E-state index is -0.267. The Balaban J connectivity index is 1.86. The third-order valence-electron chi connectivity index (χ3n) is 3.94. The van der Waals surface area contributed by atoms with E-state index in [4.69, 9.17) is 16.3 Å². The number of methoxy groups -OCH3 is 1. The summed E-state index contributed by atoms with van der Waals surface area (Å²) in [5, 5.41) is 5.97. The summed E-state index contributed by atoms with van der Waals surface area (Å²) in [5.74, 6) is -0.0376. The van der Waals surface area contributed by atoms with Gasteiger partial charge in [0.25, 0.3) is 11.8 Å². The smallest absolute Gasteiger partial charge is 0.279 e. The van der Waals surface area contributed by atoms with Gasteiger partial charge in [0.15, 0.2) is 18.9 Å². The minimum absolute atomic E-state index is 0.0376. The van der Waals surface area contributed by atoms with E-state index in [9.17, 15) is 14.4 Å². The molecule has 7 nitrogen and oxygen atoms in total. The van der Waals surface area contributed by atoms with Crippen molar-refractivity contribution in [3.8, 4) is 5.75 Å². The second-order valence-corrected chi connectivity index (χ2v) is 6.82. The molecule has 1 atom stereocenters. The van der Waals surface area contributed by atoms with Crippen molar-refractivity contribution in [3.63, 3.8) is 0 Å². The molecular formula is C20H23ClN3O4+. The Morgan fingerprint density at radius 3 is 2.18 bits per heavy atom. The van der Waals surface area contributed by atoms with E-state index in [0.29, 0.717) is 32.6 Å². The van der Waals surface area contributed by atoms with Gasteiger partial charge in [0.1, 0.15) is 5.75 Å². The summed E-state index contributed by atoms with van der Waals surface area (Å²) >= 11 is 5.95. The highest BCUT2D eigenvalue weighted by Gasteiger charge is 2.16. The van der Waals surface area contributed by atoms with Gasteiger partial charge in [-0.25, -0.2) is 0 Å². The van der Waals surface area contributed by atoms with Crippen LogP contribution in [0.25, 0.3) is 0 Å². The molecule has 0 aliphatic rings. The Hall–Kier alpha value is -2.90. The van der Waals surface area contributed by atoms with E-state index in [1.54, 1.807) is 49.5 Å². The van der Waals surface area contributed by atoms with Crippen LogP contribution in [0.5, 0.6) is 5.75 Å². The van der Waals surface area contributed by atoms with E-state index in [1.165, 1.54) is 14.0 Å². The van der Waals surface area contributed by atoms with Crippen molar-refractivity contribution < 1.29 is 24.0 Å². The van der Waals surface area contributed by atoms with Gasteiger partial charge in [0.2, 0.25) is 0 Å². The van der Waals surface area contributed by atoms with Gasteiger partial charge in [-0.3, -0.25) is 14.4 Å². The third-order valence-corrected chi connectivity index (χ3v) is 4.17. The Morgan fingerprint density at radius 2 is 1.61 bits per heavy atom. The molecule has 2 rings (SSSR count). The number of amides is 2. The van der Waals surface area contributed by atoms with E-state index >= 15 is 0 Å². The molecule has 0 saturated carbocycles. The summed E-state index contributed by atoms with van der Waals surface area (Å²) in [5.41, 5.74) is 1.65. The van der Waals surface area contributed by atoms with Gasteiger partial charge in [-0.05, 0) is 49.4 Å². The molecule has 0 saturated heterocycles. The lowest BCUT2D eigenvalue weighted by molar-refractivity contribution is -0.862. The molecule has 0 radical (unpaired) electrons. The van der Waals surface area contributed by atoms with E-state index in [-0.39, 0.29) is 30.7 Å². The number of Topliss-reactive ketones (excluding diaryl/α,β-unsaturated/α-hetero) is 1. The molecule has 2 aromatic rings. The first-order valence-corrected chi connectivity index (χ1v) is 9.02. The average Bonchev–Trinajstić information content (AvgIpc) is 2.61. The van der Waals surface area contributed by atoms with E-state index in [0.717, 1.165) is 0 Å². The molecule has 0 heterocycles. The van der Waals surface area contributed by atoms with Crippen molar-refractivity contribution in [1.82, 2.24) is 0 Å². The summed E-state index contributed by atoms with van der Waals surface area (Å²) in [4.78, 5) is 36.4. The summed E-state index contributed by atoms with van der Waals surface area (Å²) < 4.78 is 5.19. The highest BCUT2D eigenvalue weighted by molar-refractivity contribution is 6.31. The Kier molecular flexibility index (Phi) is 7.54. The number of anilines is 2. The zero-order valence-corrected chi connectivity index (χ0v) is 16.7. The SMILES string of the molecule is COc1ccc(Cl)cc1NC(=O)C[NH+](C)CC(=O)Nc1ccc(C(C)=O)cc1. The zero-order chi connectivity index (χ0) is 20.7. The van der Waals surface area contributed by atoms with Crippen LogP contribution in [-0.4, -0.2) is 44.8 Å². The molecule has 2 aromatic carbocycles. The third kappa shape index (κ3) is 6.37. The fourth-order valence-corrected chi connectivity index (χ4v) is 2.75. The van der Waals surface area contributed by atoms with Gasteiger partial charge in [0, 0.05) is 16.3 Å². The number of carbonyl (C=O) groups excluding carboxylic acids is 3. The molecule has 8 heteroatoms. The summed E-state index contributed by atoms with van der Waals surface area (Å²) in [6.45, 7) is 1.68. The summed E-state index contributed by atoms with van der Waals surface area (Å²) in [7, 11) is 3.25. The molecular weight excluding hydrogens is 382 g/mol. The number of ketones is 1. The van der Waals surface area contributed by atoms with Crippen LogP contribution in [0.2, 0.25) is 5.02 Å². The number of hydrogen-bond acceptors (Lipinski definition) is 4. The number of halogens is 1. The number of quaternary nitrogens is 1. The normalized spacial score (nSPS) is 11.4. The number of benzene rings is 2. The van der Waals surface area contributed by atoms with Crippen LogP contribution in [0.1, 0.15) is 17.3 Å². The van der Waals surface area contributed by atoms with Crippen LogP contribution < -0.4 is 20.3 Å². The van der Waals surface area contributed by atoms with Crippen LogP contribution in [-0.2, 0) is 9.59 Å². The van der Waals surface area contributed by atoms with Crippen molar-refractivity contribution >= 4 is 40.6 Å². The number of carbonyl (C=O) groups is 3. The largest absolute Gasteiger partial charge is 0.495 e. The van der Waals surface area contributed by atoms with Gasteiger partial charge < -0.3 is 20.3 Å². The Bertz CT molecular complexity index is 868. The van der Waals surface area contributed by atoms with Crippen LogP contribution in [0.4, 0.5) is 11.4 Å². The molecule has 0 aromatic heterocycles. The topological polar surface area (TPSA) is 88.9 Å². The minimum Gasteiger partial charge on any atom is -0.495 e. The van der Waals surface area contributed by atoms with Gasteiger partial charge >= 0.3 is 0 Å². The van der Waals surface area contributed by atoms with Gasteiger partial charge in [-0.1, -0.05) is 11.6 Å². The number of hydrogen-bond donors (Lipinski definition) is 3. The van der Waals surface area contributed by atoms with E-state index in [2.05, 4.69) is 10.6 Å². The Labute approximate surface area is 168 Å². The van der Waals surface area contributed by atoms with Crippen molar-refractivity contribution in [3.05, 3.63) is 53.1 Å². The van der Waals surface area contributed by atoms with E-state index < -0.39 is 0 Å². The van der Waals surface area contributed by atoms with Crippen molar-refractivity contribution in [2.75, 3.05) is 37.9 Å². The lowest BCUT2D eigenvalue weighted by Crippen LogP contribution is -3.11. The fourth-order valence-electron chi connectivity index (χ4n) is 2.58. The number of ether oxygens (including phenoxy) is 1. The molecule has 2 amide bonds. The lowest BCUT2D eigenvalue weighted by atomic mass is 10.1. The quantitative estimate of drug-likeness (QED) is 0.583. The predicted molar refractivity (Wildman–Crippen MR) is 108 cm³/mol. The average molecular weight is 405 g/mol. The molecule has 0 bridgehead atoms. The molecule has 3 N–H and O–H groups in total. The predicted octanol–water partition coefficient (Wildman–Crippen LogP) is 1.64. The number of rotatable bonds is 8. The maximum Gasteiger partial charge on any atom is 0.279 e. The first-order chi connectivity index (χ1) is 13.3. The van der Waals surface area contributed by atoms with E-state index in [1.807, 2.05) is 0 Å². The first kappa shape index (κ1) is 21.4. The first-order valence-electron chi connectivity index (χ1n) is 8.64. The van der Waals surface area contributed by atoms with Gasteiger partial charge in [-0.2, -0.15) is 0 Å². The molecule has 148 valence electrons. The van der Waals surface area contributed by atoms with Crippen LogP contribution in [0.15, 0.2) is 42.5 Å². The zero-order valence-electron chi connectivity index (χ0n) is 16.0. The second-order valence-electron chi connectivity index (χ2n) is 6.39. The van der Waals surface area contributed by atoms with Crippen LogP contribution >= 0.6 is 11.6 Å². The van der Waals surface area contributed by atoms with Crippen LogP contribution in [0, 0.1) is 0 Å². The standard InChI is InChI=1S/C20H22ClN3O4/c1-13(25)14-4-7-16(8-5-14)22-19(26)11-24(2)12-20(27)23-17-10-15(21)6-9-18(17)28-3/h4-10H,11-12H2,1-3H3,(H,22,26)(H,23,27)/p+1. The monoisotopic (exact) mass is 404 g/mol. The highest BCUT2D eigenvalue weighted by Crippen LogP contribution is 2.27. The van der Waals surface area contributed by atoms with Crippen LogP contribution in [0.3, 0.4) is 0 Å². The molecule has 28 heavy (non-hydrogen) atoms. The van der Waals surface area contributed by atoms with Crippen molar-refractivity contribution in [2.45, 2.75) is 6.92 Å².